The molecule has 0 saturated carbocycles. The van der Waals surface area contributed by atoms with Gasteiger partial charge in [-0.15, -0.1) is 0 Å². The maximum atomic E-state index is 12.1. The van der Waals surface area contributed by atoms with Gasteiger partial charge in [-0.05, 0) is 30.7 Å². The van der Waals surface area contributed by atoms with Crippen molar-refractivity contribution in [3.63, 3.8) is 0 Å². The number of aromatic nitrogens is 2. The molecule has 0 bridgehead atoms. The van der Waals surface area contributed by atoms with Gasteiger partial charge in [0.05, 0.1) is 17.8 Å². The molecule has 7 heteroatoms. The SMILES string of the molecule is CCCNc1ccc(S(=O)(=O)NCc2cnc[nH]2)cc1. The molecule has 0 spiro atoms. The Morgan fingerprint density at radius 1 is 1.25 bits per heavy atom. The fraction of sp³-hybridized carbons (Fsp3) is 0.308. The summed E-state index contributed by atoms with van der Waals surface area (Å²) in [6.45, 7) is 3.13. The lowest BCUT2D eigenvalue weighted by atomic mass is 10.3. The van der Waals surface area contributed by atoms with E-state index in [2.05, 4.69) is 26.9 Å². The third kappa shape index (κ3) is 3.82. The molecule has 0 aliphatic rings. The number of nitrogens with one attached hydrogen (secondary N) is 3. The minimum atomic E-state index is -3.50. The standard InChI is InChI=1S/C13H18N4O2S/c1-2-7-15-11-3-5-13(6-4-11)20(18,19)17-9-12-8-14-10-16-12/h3-6,8,10,15,17H,2,7,9H2,1H3,(H,14,16). The van der Waals surface area contributed by atoms with E-state index in [1.54, 1.807) is 30.5 Å². The fourth-order valence-electron chi connectivity index (χ4n) is 1.66. The molecule has 3 N–H and O–H groups in total. The van der Waals surface area contributed by atoms with Gasteiger partial charge in [0.2, 0.25) is 10.0 Å². The first kappa shape index (κ1) is 14.5. The van der Waals surface area contributed by atoms with Crippen LogP contribution in [0.25, 0.3) is 0 Å². The van der Waals surface area contributed by atoms with Crippen molar-refractivity contribution in [2.24, 2.45) is 0 Å². The van der Waals surface area contributed by atoms with Crippen molar-refractivity contribution in [1.82, 2.24) is 14.7 Å². The molecule has 2 aromatic rings. The van der Waals surface area contributed by atoms with Gasteiger partial charge in [-0.2, -0.15) is 0 Å². The Hall–Kier alpha value is -1.86. The van der Waals surface area contributed by atoms with Crippen LogP contribution in [0.1, 0.15) is 19.0 Å². The first-order chi connectivity index (χ1) is 9.62. The second-order valence-electron chi connectivity index (χ2n) is 4.35. The van der Waals surface area contributed by atoms with Crippen LogP contribution in [0.5, 0.6) is 0 Å². The fourth-order valence-corrected chi connectivity index (χ4v) is 2.67. The summed E-state index contributed by atoms with van der Waals surface area (Å²) in [6, 6.07) is 6.71. The second kappa shape index (κ2) is 6.53. The monoisotopic (exact) mass is 294 g/mol. The maximum absolute atomic E-state index is 12.1. The van der Waals surface area contributed by atoms with E-state index in [0.29, 0.717) is 0 Å². The Labute approximate surface area is 118 Å². The molecule has 0 radical (unpaired) electrons. The zero-order chi connectivity index (χ0) is 14.4. The highest BCUT2D eigenvalue weighted by Crippen LogP contribution is 2.14. The predicted molar refractivity (Wildman–Crippen MR) is 77.8 cm³/mol. The number of benzene rings is 1. The molecule has 0 unspecified atom stereocenters. The summed E-state index contributed by atoms with van der Waals surface area (Å²) in [6.07, 6.45) is 4.11. The van der Waals surface area contributed by atoms with Crippen LogP contribution in [-0.2, 0) is 16.6 Å². The number of anilines is 1. The van der Waals surface area contributed by atoms with Gasteiger partial charge in [-0.1, -0.05) is 6.92 Å². The van der Waals surface area contributed by atoms with Crippen LogP contribution in [0.15, 0.2) is 41.7 Å². The number of imidazole rings is 1. The highest BCUT2D eigenvalue weighted by Gasteiger charge is 2.13. The largest absolute Gasteiger partial charge is 0.385 e. The summed E-state index contributed by atoms with van der Waals surface area (Å²) >= 11 is 0. The summed E-state index contributed by atoms with van der Waals surface area (Å²) in [5.74, 6) is 0. The Bertz CT molecular complexity index is 621. The molecule has 0 fully saturated rings. The van der Waals surface area contributed by atoms with Gasteiger partial charge in [-0.3, -0.25) is 0 Å². The van der Waals surface area contributed by atoms with Crippen LogP contribution in [0.2, 0.25) is 0 Å². The minimum absolute atomic E-state index is 0.193. The van der Waals surface area contributed by atoms with Crippen molar-refractivity contribution < 1.29 is 8.42 Å². The lowest BCUT2D eigenvalue weighted by Crippen LogP contribution is -2.23. The minimum Gasteiger partial charge on any atom is -0.385 e. The number of nitrogens with zero attached hydrogens (tertiary/aromatic N) is 1. The van der Waals surface area contributed by atoms with Crippen molar-refractivity contribution in [3.05, 3.63) is 42.5 Å². The van der Waals surface area contributed by atoms with Gasteiger partial charge in [0.25, 0.3) is 0 Å². The van der Waals surface area contributed by atoms with Crippen molar-refractivity contribution in [2.75, 3.05) is 11.9 Å². The van der Waals surface area contributed by atoms with E-state index in [4.69, 9.17) is 0 Å². The molecule has 1 aromatic carbocycles. The van der Waals surface area contributed by atoms with E-state index >= 15 is 0 Å². The molecule has 0 amide bonds. The van der Waals surface area contributed by atoms with Crippen molar-refractivity contribution in [2.45, 2.75) is 24.8 Å². The summed E-state index contributed by atoms with van der Waals surface area (Å²) in [5, 5.41) is 3.20. The maximum Gasteiger partial charge on any atom is 0.240 e. The first-order valence-corrected chi connectivity index (χ1v) is 7.91. The second-order valence-corrected chi connectivity index (χ2v) is 6.12. The van der Waals surface area contributed by atoms with Crippen LogP contribution in [-0.4, -0.2) is 24.9 Å². The van der Waals surface area contributed by atoms with E-state index in [0.717, 1.165) is 24.3 Å². The van der Waals surface area contributed by atoms with Crippen LogP contribution in [0.3, 0.4) is 0 Å². The van der Waals surface area contributed by atoms with Gasteiger partial charge in [0, 0.05) is 24.1 Å². The summed E-state index contributed by atoms with van der Waals surface area (Å²) in [7, 11) is -3.50. The van der Waals surface area contributed by atoms with E-state index in [1.165, 1.54) is 6.33 Å². The molecule has 20 heavy (non-hydrogen) atoms. The van der Waals surface area contributed by atoms with Crippen LogP contribution >= 0.6 is 0 Å². The Morgan fingerprint density at radius 2 is 2.00 bits per heavy atom. The first-order valence-electron chi connectivity index (χ1n) is 6.42. The summed E-state index contributed by atoms with van der Waals surface area (Å²) in [5.41, 5.74) is 1.63. The smallest absolute Gasteiger partial charge is 0.240 e. The van der Waals surface area contributed by atoms with Crippen LogP contribution in [0.4, 0.5) is 5.69 Å². The molecule has 0 saturated heterocycles. The number of rotatable bonds is 7. The average molecular weight is 294 g/mol. The topological polar surface area (TPSA) is 86.9 Å². The van der Waals surface area contributed by atoms with Crippen LogP contribution in [0, 0.1) is 0 Å². The Kier molecular flexibility index (Phi) is 4.75. The van der Waals surface area contributed by atoms with E-state index in [1.807, 2.05) is 0 Å². The highest BCUT2D eigenvalue weighted by molar-refractivity contribution is 7.89. The van der Waals surface area contributed by atoms with Crippen molar-refractivity contribution in [3.8, 4) is 0 Å². The average Bonchev–Trinajstić information content (AvgIpc) is 2.97. The van der Waals surface area contributed by atoms with Gasteiger partial charge in [0.15, 0.2) is 0 Å². The van der Waals surface area contributed by atoms with E-state index in [-0.39, 0.29) is 11.4 Å². The molecule has 1 aromatic heterocycles. The Balaban J connectivity index is 2.01. The van der Waals surface area contributed by atoms with E-state index in [9.17, 15) is 8.42 Å². The van der Waals surface area contributed by atoms with Gasteiger partial charge >= 0.3 is 0 Å². The number of aromatic amines is 1. The number of sulfonamides is 1. The molecule has 0 aliphatic carbocycles. The lowest BCUT2D eigenvalue weighted by molar-refractivity contribution is 0.580. The quantitative estimate of drug-likeness (QED) is 0.725. The Morgan fingerprint density at radius 3 is 2.60 bits per heavy atom. The molecule has 0 aliphatic heterocycles. The molecule has 2 rings (SSSR count). The number of H-pyrrole nitrogens is 1. The zero-order valence-corrected chi connectivity index (χ0v) is 12.1. The molecular formula is C13H18N4O2S. The zero-order valence-electron chi connectivity index (χ0n) is 11.3. The van der Waals surface area contributed by atoms with Crippen LogP contribution < -0.4 is 10.0 Å². The van der Waals surface area contributed by atoms with Gasteiger partial charge in [0.1, 0.15) is 0 Å². The third-order valence-corrected chi connectivity index (χ3v) is 4.17. The van der Waals surface area contributed by atoms with Crippen molar-refractivity contribution >= 4 is 15.7 Å². The summed E-state index contributed by atoms with van der Waals surface area (Å²) < 4.78 is 26.7. The third-order valence-electron chi connectivity index (χ3n) is 2.75. The normalized spacial score (nSPS) is 11.4. The molecule has 6 nitrogen and oxygen atoms in total. The molecular weight excluding hydrogens is 276 g/mol. The highest BCUT2D eigenvalue weighted by atomic mass is 32.2. The molecule has 108 valence electrons. The lowest BCUT2D eigenvalue weighted by Gasteiger charge is -2.08. The number of hydrogen-bond donors (Lipinski definition) is 3. The van der Waals surface area contributed by atoms with Gasteiger partial charge < -0.3 is 10.3 Å². The molecule has 1 heterocycles. The van der Waals surface area contributed by atoms with E-state index < -0.39 is 10.0 Å². The molecule has 0 atom stereocenters. The van der Waals surface area contributed by atoms with Gasteiger partial charge in [-0.25, -0.2) is 18.1 Å². The number of hydrogen-bond acceptors (Lipinski definition) is 4. The predicted octanol–water partition coefficient (Wildman–Crippen LogP) is 1.71. The van der Waals surface area contributed by atoms with Crippen molar-refractivity contribution in [1.29, 1.82) is 0 Å². The summed E-state index contributed by atoms with van der Waals surface area (Å²) in [4.78, 5) is 6.93.